The molecule has 2 saturated carbocycles. The highest BCUT2D eigenvalue weighted by Crippen LogP contribution is 2.51. The largest absolute Gasteiger partial charge is 0.392 e. The minimum absolute atomic E-state index is 0.0377. The Kier molecular flexibility index (Phi) is 1.59. The molecule has 2 rings (SSSR count). The van der Waals surface area contributed by atoms with E-state index in [9.17, 15) is 9.90 Å². The zero-order chi connectivity index (χ0) is 8.93. The van der Waals surface area contributed by atoms with E-state index in [2.05, 4.69) is 13.8 Å². The lowest BCUT2D eigenvalue weighted by molar-refractivity contribution is -0.118. The maximum atomic E-state index is 11.1. The van der Waals surface area contributed by atoms with Crippen molar-refractivity contribution in [3.8, 4) is 0 Å². The Hall–Kier alpha value is -0.370. The van der Waals surface area contributed by atoms with Crippen LogP contribution < -0.4 is 0 Å². The van der Waals surface area contributed by atoms with Crippen molar-refractivity contribution in [3.63, 3.8) is 0 Å². The van der Waals surface area contributed by atoms with Crippen molar-refractivity contribution in [1.82, 2.24) is 0 Å². The van der Waals surface area contributed by atoms with Gasteiger partial charge in [0, 0.05) is 12.8 Å². The molecule has 0 unspecified atom stereocenters. The molecule has 2 nitrogen and oxygen atoms in total. The summed E-state index contributed by atoms with van der Waals surface area (Å²) in [6.07, 6.45) is 2.10. The first kappa shape index (κ1) is 8.24. The number of Topliss-reactive ketones (excluding diaryl/α,β-unsaturated/α-hetero) is 1. The molecule has 0 aliphatic heterocycles. The second kappa shape index (κ2) is 2.32. The van der Waals surface area contributed by atoms with E-state index in [1.54, 1.807) is 0 Å². The maximum Gasteiger partial charge on any atom is 0.133 e. The van der Waals surface area contributed by atoms with Gasteiger partial charge in [-0.15, -0.1) is 0 Å². The van der Waals surface area contributed by atoms with Gasteiger partial charge in [-0.25, -0.2) is 0 Å². The van der Waals surface area contributed by atoms with E-state index in [0.29, 0.717) is 24.5 Å². The summed E-state index contributed by atoms with van der Waals surface area (Å²) < 4.78 is 0. The van der Waals surface area contributed by atoms with Crippen molar-refractivity contribution in [2.75, 3.05) is 0 Å². The van der Waals surface area contributed by atoms with E-state index in [4.69, 9.17) is 0 Å². The van der Waals surface area contributed by atoms with Crippen molar-refractivity contribution >= 4 is 5.78 Å². The molecule has 12 heavy (non-hydrogen) atoms. The van der Waals surface area contributed by atoms with E-state index in [0.717, 1.165) is 6.42 Å². The molecule has 0 heterocycles. The van der Waals surface area contributed by atoms with Gasteiger partial charge in [0.1, 0.15) is 5.78 Å². The number of carbonyl (C=O) groups is 1. The van der Waals surface area contributed by atoms with Crippen LogP contribution in [0.2, 0.25) is 0 Å². The van der Waals surface area contributed by atoms with Crippen molar-refractivity contribution < 1.29 is 9.90 Å². The molecule has 0 bridgehead atoms. The third kappa shape index (κ3) is 1.01. The van der Waals surface area contributed by atoms with Crippen LogP contribution >= 0.6 is 0 Å². The number of rotatable bonds is 0. The first-order chi connectivity index (χ1) is 5.50. The number of ketones is 1. The predicted octanol–water partition coefficient (Wildman–Crippen LogP) is 1.37. The maximum absolute atomic E-state index is 11.1. The summed E-state index contributed by atoms with van der Waals surface area (Å²) in [6, 6.07) is 0. The van der Waals surface area contributed by atoms with Crippen molar-refractivity contribution in [3.05, 3.63) is 0 Å². The Morgan fingerprint density at radius 2 is 2.08 bits per heavy atom. The average Bonchev–Trinajstić information content (AvgIpc) is 2.35. The average molecular weight is 168 g/mol. The zero-order valence-electron chi connectivity index (χ0n) is 7.71. The van der Waals surface area contributed by atoms with Crippen LogP contribution in [0.1, 0.15) is 33.1 Å². The van der Waals surface area contributed by atoms with Crippen molar-refractivity contribution in [2.45, 2.75) is 39.2 Å². The third-order valence-corrected chi connectivity index (χ3v) is 3.55. The first-order valence-electron chi connectivity index (χ1n) is 4.70. The Balaban J connectivity index is 2.19. The minimum atomic E-state index is -0.256. The van der Waals surface area contributed by atoms with Crippen LogP contribution in [0.5, 0.6) is 0 Å². The molecule has 2 heteroatoms. The van der Waals surface area contributed by atoms with Crippen LogP contribution in [0.15, 0.2) is 0 Å². The molecule has 0 aromatic carbocycles. The van der Waals surface area contributed by atoms with E-state index in [1.165, 1.54) is 0 Å². The van der Waals surface area contributed by atoms with Gasteiger partial charge in [0.05, 0.1) is 6.10 Å². The lowest BCUT2D eigenvalue weighted by Crippen LogP contribution is -2.28. The SMILES string of the molecule is CC1(C)C[C@H]2CC(=O)C[C@H]2[C@H]1O. The number of hydrogen-bond donors (Lipinski definition) is 1. The standard InChI is InChI=1S/C10H16O2/c1-10(2)5-6-3-7(11)4-8(6)9(10)12/h6,8-9,12H,3-5H2,1-2H3/t6-,8-,9-/m1/s1. The monoisotopic (exact) mass is 168 g/mol. The van der Waals surface area contributed by atoms with Crippen molar-refractivity contribution in [1.29, 1.82) is 0 Å². The van der Waals surface area contributed by atoms with Gasteiger partial charge in [0.15, 0.2) is 0 Å². The Bertz CT molecular complexity index is 220. The van der Waals surface area contributed by atoms with Gasteiger partial charge in [-0.05, 0) is 23.7 Å². The summed E-state index contributed by atoms with van der Waals surface area (Å²) in [7, 11) is 0. The number of fused-ring (bicyclic) bond motifs is 1. The van der Waals surface area contributed by atoms with Crippen LogP contribution in [0.4, 0.5) is 0 Å². The molecular weight excluding hydrogens is 152 g/mol. The van der Waals surface area contributed by atoms with Crippen LogP contribution in [0, 0.1) is 17.3 Å². The van der Waals surface area contributed by atoms with E-state index >= 15 is 0 Å². The smallest absolute Gasteiger partial charge is 0.133 e. The third-order valence-electron chi connectivity index (χ3n) is 3.55. The molecule has 2 aliphatic carbocycles. The quantitative estimate of drug-likeness (QED) is 0.593. The van der Waals surface area contributed by atoms with Gasteiger partial charge in [-0.2, -0.15) is 0 Å². The molecule has 0 saturated heterocycles. The fraction of sp³-hybridized carbons (Fsp3) is 0.900. The summed E-state index contributed by atoms with van der Waals surface area (Å²) in [6.45, 7) is 4.20. The van der Waals surface area contributed by atoms with Crippen LogP contribution in [-0.2, 0) is 4.79 Å². The second-order valence-electron chi connectivity index (χ2n) is 5.01. The van der Waals surface area contributed by atoms with E-state index in [-0.39, 0.29) is 17.4 Å². The fourth-order valence-electron chi connectivity index (χ4n) is 2.93. The molecule has 68 valence electrons. The Morgan fingerprint density at radius 1 is 1.42 bits per heavy atom. The van der Waals surface area contributed by atoms with E-state index < -0.39 is 0 Å². The predicted molar refractivity (Wildman–Crippen MR) is 45.6 cm³/mol. The normalized spacial score (nSPS) is 44.9. The Labute approximate surface area is 73.0 Å². The fourth-order valence-corrected chi connectivity index (χ4v) is 2.93. The molecule has 3 atom stereocenters. The number of aliphatic hydroxyl groups excluding tert-OH is 1. The lowest BCUT2D eigenvalue weighted by Gasteiger charge is -2.24. The topological polar surface area (TPSA) is 37.3 Å². The first-order valence-corrected chi connectivity index (χ1v) is 4.70. The lowest BCUT2D eigenvalue weighted by atomic mass is 9.86. The molecule has 0 spiro atoms. The summed E-state index contributed by atoms with van der Waals surface area (Å²) in [5.74, 6) is 1.09. The van der Waals surface area contributed by atoms with Gasteiger partial charge >= 0.3 is 0 Å². The van der Waals surface area contributed by atoms with Gasteiger partial charge in [-0.3, -0.25) is 4.79 Å². The summed E-state index contributed by atoms with van der Waals surface area (Å²) >= 11 is 0. The highest BCUT2D eigenvalue weighted by Gasteiger charge is 2.51. The molecular formula is C10H16O2. The van der Waals surface area contributed by atoms with Gasteiger partial charge in [-0.1, -0.05) is 13.8 Å². The molecule has 0 radical (unpaired) electrons. The second-order valence-corrected chi connectivity index (χ2v) is 5.01. The summed E-state index contributed by atoms with van der Waals surface area (Å²) in [4.78, 5) is 11.1. The molecule has 2 fully saturated rings. The molecule has 0 aromatic heterocycles. The zero-order valence-corrected chi connectivity index (χ0v) is 7.71. The van der Waals surface area contributed by atoms with Crippen molar-refractivity contribution in [2.24, 2.45) is 17.3 Å². The van der Waals surface area contributed by atoms with Crippen LogP contribution in [-0.4, -0.2) is 17.0 Å². The summed E-state index contributed by atoms with van der Waals surface area (Å²) in [5.41, 5.74) is 0.0377. The summed E-state index contributed by atoms with van der Waals surface area (Å²) in [5, 5.41) is 9.89. The van der Waals surface area contributed by atoms with Gasteiger partial charge in [0.2, 0.25) is 0 Å². The van der Waals surface area contributed by atoms with Gasteiger partial charge < -0.3 is 5.11 Å². The Morgan fingerprint density at radius 3 is 2.67 bits per heavy atom. The number of hydrogen-bond acceptors (Lipinski definition) is 2. The minimum Gasteiger partial charge on any atom is -0.392 e. The van der Waals surface area contributed by atoms with Crippen LogP contribution in [0.25, 0.3) is 0 Å². The molecule has 1 N–H and O–H groups in total. The van der Waals surface area contributed by atoms with Gasteiger partial charge in [0.25, 0.3) is 0 Å². The molecule has 2 aliphatic rings. The number of carbonyl (C=O) groups excluding carboxylic acids is 1. The highest BCUT2D eigenvalue weighted by molar-refractivity contribution is 5.81. The van der Waals surface area contributed by atoms with E-state index in [1.807, 2.05) is 0 Å². The highest BCUT2D eigenvalue weighted by atomic mass is 16.3. The number of aliphatic hydroxyl groups is 1. The molecule has 0 aromatic rings. The van der Waals surface area contributed by atoms with Crippen LogP contribution in [0.3, 0.4) is 0 Å². The molecule has 0 amide bonds.